The lowest BCUT2D eigenvalue weighted by Crippen LogP contribution is -2.40. The van der Waals surface area contributed by atoms with Crippen molar-refractivity contribution in [2.45, 2.75) is 39.2 Å². The van der Waals surface area contributed by atoms with E-state index in [1.807, 2.05) is 17.0 Å². The van der Waals surface area contributed by atoms with E-state index in [-0.39, 0.29) is 12.5 Å². The second-order valence-corrected chi connectivity index (χ2v) is 6.85. The van der Waals surface area contributed by atoms with Gasteiger partial charge in [-0.05, 0) is 49.7 Å². The molecule has 1 saturated heterocycles. The molecule has 1 fully saturated rings. The number of rotatable bonds is 6. The molecule has 0 radical (unpaired) electrons. The van der Waals surface area contributed by atoms with E-state index in [0.717, 1.165) is 38.8 Å². The van der Waals surface area contributed by atoms with Gasteiger partial charge in [-0.3, -0.25) is 4.79 Å². The summed E-state index contributed by atoms with van der Waals surface area (Å²) in [6.07, 6.45) is 5.66. The molecule has 6 nitrogen and oxygen atoms in total. The van der Waals surface area contributed by atoms with Crippen LogP contribution in [0.4, 0.5) is 0 Å². The Kier molecular flexibility index (Phi) is 5.81. The zero-order valence-corrected chi connectivity index (χ0v) is 14.8. The van der Waals surface area contributed by atoms with Crippen LogP contribution in [0, 0.1) is 12.8 Å². The molecule has 2 aromatic rings. The number of amides is 1. The fourth-order valence-electron chi connectivity index (χ4n) is 3.46. The molecular weight excluding hydrogens is 316 g/mol. The van der Waals surface area contributed by atoms with E-state index in [9.17, 15) is 4.79 Å². The molecule has 1 atom stereocenters. The molecule has 1 aromatic carbocycles. The summed E-state index contributed by atoms with van der Waals surface area (Å²) < 4.78 is 1.72. The second-order valence-electron chi connectivity index (χ2n) is 6.85. The fraction of sp³-hybridized carbons (Fsp3) is 0.526. The third-order valence-electron chi connectivity index (χ3n) is 4.93. The van der Waals surface area contributed by atoms with Crippen LogP contribution in [0.15, 0.2) is 30.5 Å². The van der Waals surface area contributed by atoms with Gasteiger partial charge in [0.25, 0.3) is 5.91 Å². The van der Waals surface area contributed by atoms with Crippen molar-refractivity contribution in [1.29, 1.82) is 0 Å². The molecule has 1 aliphatic rings. The molecule has 1 N–H and O–H groups in total. The van der Waals surface area contributed by atoms with Crippen LogP contribution in [0.25, 0.3) is 0 Å². The molecule has 3 rings (SSSR count). The number of aromatic nitrogens is 3. The first-order valence-corrected chi connectivity index (χ1v) is 9.02. The van der Waals surface area contributed by atoms with E-state index in [4.69, 9.17) is 5.11 Å². The van der Waals surface area contributed by atoms with Crippen LogP contribution in [-0.2, 0) is 6.54 Å². The third kappa shape index (κ3) is 4.45. The maximum absolute atomic E-state index is 12.7. The molecule has 1 aromatic heterocycles. The molecule has 1 aliphatic heterocycles. The molecular formula is C19H26N4O2. The van der Waals surface area contributed by atoms with Crippen LogP contribution in [0.1, 0.15) is 47.3 Å². The van der Waals surface area contributed by atoms with Crippen molar-refractivity contribution in [3.63, 3.8) is 0 Å². The molecule has 0 saturated carbocycles. The van der Waals surface area contributed by atoms with Crippen molar-refractivity contribution in [3.8, 4) is 0 Å². The largest absolute Gasteiger partial charge is 0.396 e. The van der Waals surface area contributed by atoms with Gasteiger partial charge in [-0.1, -0.05) is 29.5 Å². The molecule has 0 spiro atoms. The van der Waals surface area contributed by atoms with Crippen molar-refractivity contribution in [3.05, 3.63) is 47.3 Å². The van der Waals surface area contributed by atoms with Gasteiger partial charge in [-0.15, -0.1) is 5.10 Å². The summed E-state index contributed by atoms with van der Waals surface area (Å²) in [5, 5.41) is 17.2. The van der Waals surface area contributed by atoms with Gasteiger partial charge < -0.3 is 10.0 Å². The van der Waals surface area contributed by atoms with E-state index in [1.165, 1.54) is 11.1 Å². The van der Waals surface area contributed by atoms with E-state index in [2.05, 4.69) is 29.4 Å². The molecule has 1 amide bonds. The number of hydrogen-bond donors (Lipinski definition) is 1. The topological polar surface area (TPSA) is 71.2 Å². The summed E-state index contributed by atoms with van der Waals surface area (Å²) in [6, 6.07) is 8.15. The highest BCUT2D eigenvalue weighted by Gasteiger charge is 2.25. The van der Waals surface area contributed by atoms with Gasteiger partial charge in [0.05, 0.1) is 12.7 Å². The highest BCUT2D eigenvalue weighted by atomic mass is 16.3. The number of hydrogen-bond acceptors (Lipinski definition) is 4. The van der Waals surface area contributed by atoms with Crippen LogP contribution in [-0.4, -0.2) is 50.6 Å². The average molecular weight is 342 g/mol. The van der Waals surface area contributed by atoms with Crippen molar-refractivity contribution in [2.75, 3.05) is 19.7 Å². The summed E-state index contributed by atoms with van der Waals surface area (Å²) in [4.78, 5) is 14.6. The number of likely N-dealkylation sites (tertiary alicyclic amines) is 1. The van der Waals surface area contributed by atoms with Crippen LogP contribution < -0.4 is 0 Å². The zero-order valence-electron chi connectivity index (χ0n) is 14.8. The summed E-state index contributed by atoms with van der Waals surface area (Å²) in [7, 11) is 0. The normalized spacial score (nSPS) is 17.7. The standard InChI is InChI=1S/C19H26N4O2/c1-15-6-2-3-9-17(15)13-23-14-18(20-21-23)19(25)22-10-4-7-16(12-22)8-5-11-24/h2-3,6,9,14,16,24H,4-5,7-8,10-13H2,1H3. The Hall–Kier alpha value is -2.21. The number of carbonyl (C=O) groups excluding carboxylic acids is 1. The first-order valence-electron chi connectivity index (χ1n) is 9.02. The van der Waals surface area contributed by atoms with Gasteiger partial charge in [0.1, 0.15) is 0 Å². The number of aliphatic hydroxyl groups excluding tert-OH is 1. The lowest BCUT2D eigenvalue weighted by molar-refractivity contribution is 0.0657. The van der Waals surface area contributed by atoms with E-state index in [1.54, 1.807) is 10.9 Å². The molecule has 134 valence electrons. The van der Waals surface area contributed by atoms with Gasteiger partial charge in [0, 0.05) is 19.7 Å². The number of aryl methyl sites for hydroxylation is 1. The first-order chi connectivity index (χ1) is 12.2. The van der Waals surface area contributed by atoms with Crippen LogP contribution in [0.3, 0.4) is 0 Å². The highest BCUT2D eigenvalue weighted by Crippen LogP contribution is 2.22. The van der Waals surface area contributed by atoms with Gasteiger partial charge in [0.15, 0.2) is 5.69 Å². The fourth-order valence-corrected chi connectivity index (χ4v) is 3.46. The Morgan fingerprint density at radius 2 is 2.20 bits per heavy atom. The van der Waals surface area contributed by atoms with Crippen LogP contribution in [0.5, 0.6) is 0 Å². The first kappa shape index (κ1) is 17.6. The Balaban J connectivity index is 1.63. The number of benzene rings is 1. The van der Waals surface area contributed by atoms with E-state index < -0.39 is 0 Å². The Bertz CT molecular complexity index is 713. The lowest BCUT2D eigenvalue weighted by atomic mass is 9.93. The maximum atomic E-state index is 12.7. The predicted octanol–water partition coefficient (Wildman–Crippen LogP) is 2.26. The second kappa shape index (κ2) is 8.25. The summed E-state index contributed by atoms with van der Waals surface area (Å²) in [5.41, 5.74) is 2.79. The highest BCUT2D eigenvalue weighted by molar-refractivity contribution is 5.92. The molecule has 2 heterocycles. The predicted molar refractivity (Wildman–Crippen MR) is 95.3 cm³/mol. The van der Waals surface area contributed by atoms with Crippen molar-refractivity contribution >= 4 is 5.91 Å². The van der Waals surface area contributed by atoms with Crippen LogP contribution >= 0.6 is 0 Å². The quantitative estimate of drug-likeness (QED) is 0.874. The minimum absolute atomic E-state index is 0.0373. The monoisotopic (exact) mass is 342 g/mol. The average Bonchev–Trinajstić information content (AvgIpc) is 3.10. The molecule has 0 aliphatic carbocycles. The number of piperidine rings is 1. The number of nitrogens with zero attached hydrogens (tertiary/aromatic N) is 4. The zero-order chi connectivity index (χ0) is 17.6. The summed E-state index contributed by atoms with van der Waals surface area (Å²) in [6.45, 7) is 4.44. The van der Waals surface area contributed by atoms with Crippen molar-refractivity contribution < 1.29 is 9.90 Å². The van der Waals surface area contributed by atoms with E-state index in [0.29, 0.717) is 18.2 Å². The number of carbonyl (C=O) groups is 1. The summed E-state index contributed by atoms with van der Waals surface area (Å²) >= 11 is 0. The molecule has 25 heavy (non-hydrogen) atoms. The Labute approximate surface area is 148 Å². The van der Waals surface area contributed by atoms with E-state index >= 15 is 0 Å². The van der Waals surface area contributed by atoms with Gasteiger partial charge in [-0.2, -0.15) is 0 Å². The SMILES string of the molecule is Cc1ccccc1Cn1cc(C(=O)N2CCCC(CCCO)C2)nn1. The molecule has 6 heteroatoms. The Morgan fingerprint density at radius 1 is 1.36 bits per heavy atom. The number of aliphatic hydroxyl groups is 1. The molecule has 1 unspecified atom stereocenters. The summed E-state index contributed by atoms with van der Waals surface area (Å²) in [5.74, 6) is 0.441. The van der Waals surface area contributed by atoms with Gasteiger partial charge >= 0.3 is 0 Å². The minimum Gasteiger partial charge on any atom is -0.396 e. The molecule has 0 bridgehead atoms. The van der Waals surface area contributed by atoms with Gasteiger partial charge in [0.2, 0.25) is 0 Å². The maximum Gasteiger partial charge on any atom is 0.276 e. The Morgan fingerprint density at radius 3 is 3.00 bits per heavy atom. The lowest BCUT2D eigenvalue weighted by Gasteiger charge is -2.32. The van der Waals surface area contributed by atoms with Crippen molar-refractivity contribution in [2.24, 2.45) is 5.92 Å². The smallest absolute Gasteiger partial charge is 0.276 e. The minimum atomic E-state index is -0.0373. The third-order valence-corrected chi connectivity index (χ3v) is 4.93. The van der Waals surface area contributed by atoms with Crippen LogP contribution in [0.2, 0.25) is 0 Å². The van der Waals surface area contributed by atoms with Gasteiger partial charge in [-0.25, -0.2) is 4.68 Å². The van der Waals surface area contributed by atoms with Crippen molar-refractivity contribution in [1.82, 2.24) is 19.9 Å².